The smallest absolute Gasteiger partial charge is 0.330 e. The molecular formula is C19H27N3O4. The van der Waals surface area contributed by atoms with Crippen molar-refractivity contribution in [1.29, 1.82) is 0 Å². The molecule has 0 aromatic heterocycles. The molecule has 0 saturated carbocycles. The quantitative estimate of drug-likeness (QED) is 0.858. The van der Waals surface area contributed by atoms with Crippen molar-refractivity contribution >= 4 is 17.9 Å². The second kappa shape index (κ2) is 8.21. The number of hydrogen-bond acceptors (Lipinski definition) is 3. The van der Waals surface area contributed by atoms with Crippen LogP contribution in [-0.4, -0.2) is 60.0 Å². The van der Waals surface area contributed by atoms with E-state index in [1.807, 2.05) is 19.9 Å². The van der Waals surface area contributed by atoms with Crippen molar-refractivity contribution in [3.63, 3.8) is 0 Å². The minimum absolute atomic E-state index is 0.0671. The Labute approximate surface area is 154 Å². The van der Waals surface area contributed by atoms with Crippen LogP contribution < -0.4 is 5.32 Å². The summed E-state index contributed by atoms with van der Waals surface area (Å²) < 4.78 is 0. The molecule has 1 aliphatic heterocycles. The third kappa shape index (κ3) is 4.74. The highest BCUT2D eigenvalue weighted by atomic mass is 16.4. The predicted octanol–water partition coefficient (Wildman–Crippen LogP) is 1.94. The fourth-order valence-corrected chi connectivity index (χ4v) is 3.34. The van der Waals surface area contributed by atoms with Crippen molar-refractivity contribution < 1.29 is 19.5 Å². The zero-order chi connectivity index (χ0) is 19.4. The lowest BCUT2D eigenvalue weighted by molar-refractivity contribution is -0.143. The molecule has 0 radical (unpaired) electrons. The lowest BCUT2D eigenvalue weighted by Crippen LogP contribution is -2.47. The maximum absolute atomic E-state index is 12.6. The summed E-state index contributed by atoms with van der Waals surface area (Å²) in [5, 5.41) is 12.2. The molecule has 7 nitrogen and oxygen atoms in total. The lowest BCUT2D eigenvalue weighted by Gasteiger charge is -2.33. The van der Waals surface area contributed by atoms with Gasteiger partial charge in [0, 0.05) is 33.1 Å². The summed E-state index contributed by atoms with van der Waals surface area (Å²) in [5.41, 5.74) is 2.48. The van der Waals surface area contributed by atoms with Crippen molar-refractivity contribution in [2.75, 3.05) is 27.2 Å². The fraction of sp³-hybridized carbons (Fsp3) is 0.526. The highest BCUT2D eigenvalue weighted by molar-refractivity contribution is 5.86. The van der Waals surface area contributed by atoms with Crippen LogP contribution in [0.15, 0.2) is 18.2 Å². The number of aliphatic carboxylic acids is 1. The third-order valence-corrected chi connectivity index (χ3v) is 4.63. The predicted molar refractivity (Wildman–Crippen MR) is 97.8 cm³/mol. The van der Waals surface area contributed by atoms with Crippen LogP contribution in [0.25, 0.3) is 0 Å². The normalized spacial score (nSPS) is 16.1. The Morgan fingerprint density at radius 2 is 1.65 bits per heavy atom. The molecule has 1 aromatic rings. The largest absolute Gasteiger partial charge is 0.479 e. The van der Waals surface area contributed by atoms with Crippen LogP contribution in [0.3, 0.4) is 0 Å². The summed E-state index contributed by atoms with van der Waals surface area (Å²) in [7, 11) is 3.39. The molecule has 3 amide bonds. The molecule has 0 spiro atoms. The summed E-state index contributed by atoms with van der Waals surface area (Å²) >= 11 is 0. The highest BCUT2D eigenvalue weighted by Crippen LogP contribution is 2.22. The van der Waals surface area contributed by atoms with Crippen molar-refractivity contribution in [3.8, 4) is 0 Å². The molecule has 1 aliphatic rings. The van der Waals surface area contributed by atoms with Gasteiger partial charge in [0.2, 0.25) is 5.91 Å². The van der Waals surface area contributed by atoms with Crippen molar-refractivity contribution in [2.24, 2.45) is 5.92 Å². The first-order chi connectivity index (χ1) is 12.2. The number of amides is 3. The van der Waals surface area contributed by atoms with Crippen LogP contribution in [-0.2, 0) is 9.59 Å². The van der Waals surface area contributed by atoms with Gasteiger partial charge in [-0.2, -0.15) is 0 Å². The molecule has 7 heteroatoms. The van der Waals surface area contributed by atoms with Gasteiger partial charge in [0.25, 0.3) is 0 Å². The van der Waals surface area contributed by atoms with Crippen LogP contribution in [0.2, 0.25) is 0 Å². The molecule has 0 aliphatic carbocycles. The summed E-state index contributed by atoms with van der Waals surface area (Å²) in [6.45, 7) is 4.79. The number of rotatable bonds is 4. The minimum atomic E-state index is -1.08. The van der Waals surface area contributed by atoms with Crippen molar-refractivity contribution in [2.45, 2.75) is 32.7 Å². The first-order valence-electron chi connectivity index (χ1n) is 8.76. The maximum Gasteiger partial charge on any atom is 0.330 e. The van der Waals surface area contributed by atoms with E-state index in [1.54, 1.807) is 31.1 Å². The molecule has 1 heterocycles. The minimum Gasteiger partial charge on any atom is -0.479 e. The van der Waals surface area contributed by atoms with E-state index in [0.29, 0.717) is 31.5 Å². The van der Waals surface area contributed by atoms with Crippen molar-refractivity contribution in [3.05, 3.63) is 34.9 Å². The maximum atomic E-state index is 12.6. The van der Waals surface area contributed by atoms with Crippen molar-refractivity contribution in [1.82, 2.24) is 15.1 Å². The van der Waals surface area contributed by atoms with Crippen LogP contribution in [0.5, 0.6) is 0 Å². The first kappa shape index (κ1) is 19.8. The van der Waals surface area contributed by atoms with E-state index < -0.39 is 12.0 Å². The third-order valence-electron chi connectivity index (χ3n) is 4.63. The summed E-state index contributed by atoms with van der Waals surface area (Å²) in [6.07, 6.45) is 1.06. The van der Waals surface area contributed by atoms with E-state index in [0.717, 1.165) is 11.1 Å². The van der Waals surface area contributed by atoms with Gasteiger partial charge in [0.15, 0.2) is 6.04 Å². The Hall–Kier alpha value is -2.57. The molecule has 0 bridgehead atoms. The zero-order valence-electron chi connectivity index (χ0n) is 15.8. The average Bonchev–Trinajstić information content (AvgIpc) is 2.57. The topological polar surface area (TPSA) is 90.0 Å². The molecule has 2 N–H and O–H groups in total. The fourth-order valence-electron chi connectivity index (χ4n) is 3.34. The van der Waals surface area contributed by atoms with Crippen LogP contribution in [0.1, 0.15) is 35.6 Å². The average molecular weight is 361 g/mol. The molecule has 1 aromatic carbocycles. The summed E-state index contributed by atoms with van der Waals surface area (Å²) in [4.78, 5) is 39.5. The van der Waals surface area contributed by atoms with Crippen LogP contribution in [0, 0.1) is 19.8 Å². The van der Waals surface area contributed by atoms with E-state index in [1.165, 1.54) is 4.90 Å². The molecule has 1 fully saturated rings. The van der Waals surface area contributed by atoms with E-state index in [-0.39, 0.29) is 17.9 Å². The van der Waals surface area contributed by atoms with Gasteiger partial charge in [0.05, 0.1) is 0 Å². The number of likely N-dealkylation sites (tertiary alicyclic amines) is 1. The number of carbonyl (C=O) groups is 3. The van der Waals surface area contributed by atoms with Gasteiger partial charge >= 0.3 is 12.0 Å². The molecule has 26 heavy (non-hydrogen) atoms. The standard InChI is InChI=1S/C19H27N3O4/c1-12-9-13(2)11-15(10-12)16(18(24)25)20-17(23)14-5-7-22(8-6-14)19(26)21(3)4/h9-11,14,16H,5-8H2,1-4H3,(H,20,23)(H,24,25). The summed E-state index contributed by atoms with van der Waals surface area (Å²) in [6, 6.07) is 4.39. The van der Waals surface area contributed by atoms with Crippen LogP contribution >= 0.6 is 0 Å². The first-order valence-corrected chi connectivity index (χ1v) is 8.76. The number of carboxylic acids is 1. The van der Waals surface area contributed by atoms with Gasteiger partial charge < -0.3 is 20.2 Å². The number of urea groups is 1. The molecule has 1 saturated heterocycles. The Morgan fingerprint density at radius 1 is 1.12 bits per heavy atom. The number of nitrogens with one attached hydrogen (secondary N) is 1. The number of benzene rings is 1. The number of carboxylic acid groups (broad SMARTS) is 1. The molecule has 1 atom stereocenters. The highest BCUT2D eigenvalue weighted by Gasteiger charge is 2.31. The number of aryl methyl sites for hydroxylation is 2. The second-order valence-corrected chi connectivity index (χ2v) is 7.14. The van der Waals surface area contributed by atoms with Gasteiger partial charge in [-0.1, -0.05) is 29.3 Å². The summed E-state index contributed by atoms with van der Waals surface area (Å²) in [5.74, 6) is -1.63. The number of hydrogen-bond donors (Lipinski definition) is 2. The Kier molecular flexibility index (Phi) is 6.23. The number of piperidine rings is 1. The Balaban J connectivity index is 2.03. The van der Waals surface area contributed by atoms with Crippen LogP contribution in [0.4, 0.5) is 4.79 Å². The van der Waals surface area contributed by atoms with Gasteiger partial charge in [0.1, 0.15) is 0 Å². The van der Waals surface area contributed by atoms with Gasteiger partial charge in [-0.05, 0) is 32.3 Å². The monoisotopic (exact) mass is 361 g/mol. The van der Waals surface area contributed by atoms with E-state index in [2.05, 4.69) is 5.32 Å². The second-order valence-electron chi connectivity index (χ2n) is 7.14. The SMILES string of the molecule is Cc1cc(C)cc(C(NC(=O)C2CCN(C(=O)N(C)C)CC2)C(=O)O)c1. The van der Waals surface area contributed by atoms with E-state index >= 15 is 0 Å². The lowest BCUT2D eigenvalue weighted by atomic mass is 9.94. The van der Waals surface area contributed by atoms with Gasteiger partial charge in [-0.25, -0.2) is 9.59 Å². The van der Waals surface area contributed by atoms with E-state index in [9.17, 15) is 19.5 Å². The molecule has 1 unspecified atom stereocenters. The molecular weight excluding hydrogens is 334 g/mol. The number of nitrogens with zero attached hydrogens (tertiary/aromatic N) is 2. The molecule has 2 rings (SSSR count). The molecule has 142 valence electrons. The van der Waals surface area contributed by atoms with Gasteiger partial charge in [-0.3, -0.25) is 4.79 Å². The Bertz CT molecular complexity index is 674. The van der Waals surface area contributed by atoms with E-state index in [4.69, 9.17) is 0 Å². The zero-order valence-corrected chi connectivity index (χ0v) is 15.8. The Morgan fingerprint density at radius 3 is 2.12 bits per heavy atom. The number of carbonyl (C=O) groups excluding carboxylic acids is 2. The van der Waals surface area contributed by atoms with Gasteiger partial charge in [-0.15, -0.1) is 0 Å².